The summed E-state index contributed by atoms with van der Waals surface area (Å²) < 4.78 is 19.2. The Morgan fingerprint density at radius 1 is 1.48 bits per heavy atom. The van der Waals surface area contributed by atoms with Crippen LogP contribution in [0.2, 0.25) is 0 Å². The van der Waals surface area contributed by atoms with Gasteiger partial charge in [0.15, 0.2) is 0 Å². The summed E-state index contributed by atoms with van der Waals surface area (Å²) in [5.74, 6) is -1.35. The van der Waals surface area contributed by atoms with Crippen molar-refractivity contribution in [3.8, 4) is 0 Å². The first kappa shape index (κ1) is 13.5. The third-order valence-electron chi connectivity index (χ3n) is 3.55. The molecular formula is C15H15FN2O3. The fraction of sp³-hybridized carbons (Fsp3) is 0.267. The Morgan fingerprint density at radius 2 is 2.24 bits per heavy atom. The number of benzene rings is 1. The SMILES string of the molecule is Nc1cc(C(=O)O)c(F)cc1N(Cc1ccco1)C1CC1. The maximum Gasteiger partial charge on any atom is 0.338 e. The summed E-state index contributed by atoms with van der Waals surface area (Å²) >= 11 is 0. The molecule has 3 N–H and O–H groups in total. The lowest BCUT2D eigenvalue weighted by molar-refractivity contribution is 0.0692. The van der Waals surface area contributed by atoms with Crippen molar-refractivity contribution in [1.82, 2.24) is 0 Å². The van der Waals surface area contributed by atoms with Crippen LogP contribution in [-0.4, -0.2) is 17.1 Å². The fourth-order valence-electron chi connectivity index (χ4n) is 2.36. The Balaban J connectivity index is 1.96. The van der Waals surface area contributed by atoms with Crippen molar-refractivity contribution in [1.29, 1.82) is 0 Å². The van der Waals surface area contributed by atoms with Crippen LogP contribution in [0.1, 0.15) is 29.0 Å². The zero-order chi connectivity index (χ0) is 15.0. The van der Waals surface area contributed by atoms with Gasteiger partial charge in [0.1, 0.15) is 11.6 Å². The number of nitrogens with zero attached hydrogens (tertiary/aromatic N) is 1. The molecule has 1 aliphatic carbocycles. The molecule has 5 nitrogen and oxygen atoms in total. The number of aromatic carboxylic acids is 1. The molecule has 1 fully saturated rings. The Hall–Kier alpha value is -2.50. The molecule has 0 spiro atoms. The number of nitrogens with two attached hydrogens (primary N) is 1. The van der Waals surface area contributed by atoms with Gasteiger partial charge in [-0.15, -0.1) is 0 Å². The molecule has 21 heavy (non-hydrogen) atoms. The van der Waals surface area contributed by atoms with E-state index in [0.717, 1.165) is 18.6 Å². The molecule has 1 aromatic heterocycles. The molecule has 3 rings (SSSR count). The highest BCUT2D eigenvalue weighted by molar-refractivity contribution is 5.91. The van der Waals surface area contributed by atoms with Gasteiger partial charge in [0.05, 0.1) is 29.7 Å². The summed E-state index contributed by atoms with van der Waals surface area (Å²) in [4.78, 5) is 12.9. The van der Waals surface area contributed by atoms with Gasteiger partial charge in [0, 0.05) is 12.1 Å². The van der Waals surface area contributed by atoms with E-state index in [1.54, 1.807) is 12.3 Å². The maximum absolute atomic E-state index is 13.9. The van der Waals surface area contributed by atoms with Crippen LogP contribution in [0.5, 0.6) is 0 Å². The zero-order valence-corrected chi connectivity index (χ0v) is 11.3. The molecule has 1 aromatic carbocycles. The van der Waals surface area contributed by atoms with Gasteiger partial charge in [0.25, 0.3) is 0 Å². The lowest BCUT2D eigenvalue weighted by atomic mass is 10.1. The van der Waals surface area contributed by atoms with Crippen molar-refractivity contribution in [2.24, 2.45) is 0 Å². The molecular weight excluding hydrogens is 275 g/mol. The van der Waals surface area contributed by atoms with Gasteiger partial charge in [-0.3, -0.25) is 0 Å². The summed E-state index contributed by atoms with van der Waals surface area (Å²) in [6.45, 7) is 0.480. The quantitative estimate of drug-likeness (QED) is 0.828. The average molecular weight is 290 g/mol. The number of carbonyl (C=O) groups is 1. The van der Waals surface area contributed by atoms with E-state index in [1.807, 2.05) is 11.0 Å². The zero-order valence-electron chi connectivity index (χ0n) is 11.3. The molecule has 0 saturated heterocycles. The molecule has 0 radical (unpaired) electrons. The van der Waals surface area contributed by atoms with Crippen LogP contribution in [0.4, 0.5) is 15.8 Å². The minimum atomic E-state index is -1.32. The topological polar surface area (TPSA) is 79.7 Å². The van der Waals surface area contributed by atoms with Crippen molar-refractivity contribution in [3.63, 3.8) is 0 Å². The van der Waals surface area contributed by atoms with Gasteiger partial charge >= 0.3 is 5.97 Å². The number of carboxylic acid groups (broad SMARTS) is 1. The van der Waals surface area contributed by atoms with Crippen LogP contribution in [-0.2, 0) is 6.54 Å². The first-order valence-corrected chi connectivity index (χ1v) is 6.67. The molecule has 1 heterocycles. The second-order valence-electron chi connectivity index (χ2n) is 5.13. The highest BCUT2D eigenvalue weighted by atomic mass is 19.1. The van der Waals surface area contributed by atoms with Crippen molar-refractivity contribution in [3.05, 3.63) is 47.7 Å². The predicted octanol–water partition coefficient (Wildman–Crippen LogP) is 2.87. The van der Waals surface area contributed by atoms with E-state index in [9.17, 15) is 9.18 Å². The van der Waals surface area contributed by atoms with E-state index in [-0.39, 0.29) is 11.7 Å². The normalized spacial score (nSPS) is 14.1. The fourth-order valence-corrected chi connectivity index (χ4v) is 2.36. The summed E-state index contributed by atoms with van der Waals surface area (Å²) in [7, 11) is 0. The Morgan fingerprint density at radius 3 is 2.81 bits per heavy atom. The van der Waals surface area contributed by atoms with Gasteiger partial charge in [-0.25, -0.2) is 9.18 Å². The summed E-state index contributed by atoms with van der Waals surface area (Å²) in [5.41, 5.74) is 6.28. The van der Waals surface area contributed by atoms with Gasteiger partial charge in [-0.1, -0.05) is 0 Å². The Bertz CT molecular complexity index is 666. The molecule has 0 bridgehead atoms. The van der Waals surface area contributed by atoms with Crippen LogP contribution >= 0.6 is 0 Å². The monoisotopic (exact) mass is 290 g/mol. The molecule has 0 amide bonds. The van der Waals surface area contributed by atoms with E-state index >= 15 is 0 Å². The molecule has 1 saturated carbocycles. The third-order valence-corrected chi connectivity index (χ3v) is 3.55. The van der Waals surface area contributed by atoms with E-state index in [0.29, 0.717) is 12.2 Å². The third kappa shape index (κ3) is 2.69. The number of hydrogen-bond donors (Lipinski definition) is 2. The van der Waals surface area contributed by atoms with Crippen molar-refractivity contribution >= 4 is 17.3 Å². The van der Waals surface area contributed by atoms with Crippen molar-refractivity contribution in [2.45, 2.75) is 25.4 Å². The Kier molecular flexibility index (Phi) is 3.29. The minimum absolute atomic E-state index is 0.257. The smallest absolute Gasteiger partial charge is 0.338 e. The van der Waals surface area contributed by atoms with Gasteiger partial charge in [0.2, 0.25) is 0 Å². The molecule has 1 aliphatic rings. The highest BCUT2D eigenvalue weighted by Gasteiger charge is 2.31. The number of rotatable bonds is 5. The van der Waals surface area contributed by atoms with Gasteiger partial charge in [-0.05, 0) is 31.0 Å². The number of halogens is 1. The first-order valence-electron chi connectivity index (χ1n) is 6.67. The number of furan rings is 1. The molecule has 0 unspecified atom stereocenters. The number of anilines is 2. The molecule has 2 aromatic rings. The van der Waals surface area contributed by atoms with Crippen LogP contribution in [0.3, 0.4) is 0 Å². The predicted molar refractivity (Wildman–Crippen MR) is 75.7 cm³/mol. The van der Waals surface area contributed by atoms with E-state index in [2.05, 4.69) is 0 Å². The average Bonchev–Trinajstić information content (AvgIpc) is 3.15. The van der Waals surface area contributed by atoms with Crippen LogP contribution < -0.4 is 10.6 Å². The minimum Gasteiger partial charge on any atom is -0.478 e. The lowest BCUT2D eigenvalue weighted by Crippen LogP contribution is -2.26. The van der Waals surface area contributed by atoms with Crippen LogP contribution in [0.25, 0.3) is 0 Å². The maximum atomic E-state index is 13.9. The van der Waals surface area contributed by atoms with Crippen molar-refractivity contribution in [2.75, 3.05) is 10.6 Å². The first-order chi connectivity index (χ1) is 10.1. The Labute approximate surface area is 120 Å². The summed E-state index contributed by atoms with van der Waals surface area (Å²) in [6, 6.07) is 6.28. The van der Waals surface area contributed by atoms with E-state index in [1.165, 1.54) is 12.1 Å². The lowest BCUT2D eigenvalue weighted by Gasteiger charge is -2.25. The summed E-state index contributed by atoms with van der Waals surface area (Å²) in [6.07, 6.45) is 3.59. The second-order valence-corrected chi connectivity index (χ2v) is 5.13. The molecule has 0 aliphatic heterocycles. The molecule has 0 atom stereocenters. The number of hydrogen-bond acceptors (Lipinski definition) is 4. The van der Waals surface area contributed by atoms with E-state index < -0.39 is 17.3 Å². The summed E-state index contributed by atoms with van der Waals surface area (Å²) in [5, 5.41) is 8.92. The highest BCUT2D eigenvalue weighted by Crippen LogP contribution is 2.37. The van der Waals surface area contributed by atoms with Crippen LogP contribution in [0.15, 0.2) is 34.9 Å². The van der Waals surface area contributed by atoms with E-state index in [4.69, 9.17) is 15.3 Å². The largest absolute Gasteiger partial charge is 0.478 e. The van der Waals surface area contributed by atoms with Gasteiger partial charge in [-0.2, -0.15) is 0 Å². The molecule has 6 heteroatoms. The number of carboxylic acids is 1. The molecule has 110 valence electrons. The van der Waals surface area contributed by atoms with Crippen molar-refractivity contribution < 1.29 is 18.7 Å². The standard InChI is InChI=1S/C15H15FN2O3/c16-12-7-14(13(17)6-11(12)15(19)20)18(9-3-4-9)8-10-2-1-5-21-10/h1-2,5-7,9H,3-4,8,17H2,(H,19,20). The van der Waals surface area contributed by atoms with Gasteiger partial charge < -0.3 is 20.2 Å². The second kappa shape index (κ2) is 5.12. The number of nitrogen functional groups attached to an aromatic ring is 1. The van der Waals surface area contributed by atoms with Crippen LogP contribution in [0, 0.1) is 5.82 Å².